The normalized spacial score (nSPS) is 10.3. The smallest absolute Gasteiger partial charge is 0.153 e. The Morgan fingerprint density at radius 1 is 1.12 bits per heavy atom. The third kappa shape index (κ3) is 2.33. The van der Waals surface area contributed by atoms with Gasteiger partial charge in [-0.25, -0.2) is 4.39 Å². The largest absolute Gasteiger partial charge is 0.298 e. The Labute approximate surface area is 108 Å². The van der Waals surface area contributed by atoms with Gasteiger partial charge in [-0.3, -0.25) is 4.79 Å². The van der Waals surface area contributed by atoms with Crippen LogP contribution in [0.2, 0.25) is 10.0 Å². The third-order valence-electron chi connectivity index (χ3n) is 2.39. The van der Waals surface area contributed by atoms with E-state index in [2.05, 4.69) is 0 Å². The molecule has 0 aliphatic heterocycles. The van der Waals surface area contributed by atoms with E-state index in [1.54, 1.807) is 24.3 Å². The van der Waals surface area contributed by atoms with Crippen LogP contribution < -0.4 is 0 Å². The molecule has 0 unspecified atom stereocenters. The van der Waals surface area contributed by atoms with Crippen LogP contribution in [-0.4, -0.2) is 6.29 Å². The molecule has 0 aromatic heterocycles. The Kier molecular flexibility index (Phi) is 3.46. The van der Waals surface area contributed by atoms with Gasteiger partial charge < -0.3 is 0 Å². The zero-order valence-corrected chi connectivity index (χ0v) is 10.1. The Morgan fingerprint density at radius 3 is 2.59 bits per heavy atom. The molecule has 2 aromatic carbocycles. The van der Waals surface area contributed by atoms with Gasteiger partial charge in [0.25, 0.3) is 0 Å². The molecule has 86 valence electrons. The van der Waals surface area contributed by atoms with Crippen molar-refractivity contribution in [2.45, 2.75) is 0 Å². The number of hydrogen-bond acceptors (Lipinski definition) is 1. The van der Waals surface area contributed by atoms with Gasteiger partial charge in [-0.15, -0.1) is 0 Å². The maximum absolute atomic E-state index is 13.2. The number of benzene rings is 2. The summed E-state index contributed by atoms with van der Waals surface area (Å²) in [6.07, 6.45) is 0.470. The Bertz CT molecular complexity index is 582. The first-order valence-electron chi connectivity index (χ1n) is 4.82. The summed E-state index contributed by atoms with van der Waals surface area (Å²) < 4.78 is 13.2. The summed E-state index contributed by atoms with van der Waals surface area (Å²) in [5.41, 5.74) is 1.32. The Morgan fingerprint density at radius 2 is 1.88 bits per heavy atom. The topological polar surface area (TPSA) is 17.1 Å². The molecule has 0 radical (unpaired) electrons. The SMILES string of the molecule is O=Cc1cc(-c2cccc(Cl)c2Cl)ccc1F. The summed E-state index contributed by atoms with van der Waals surface area (Å²) in [4.78, 5) is 10.7. The van der Waals surface area contributed by atoms with Crippen LogP contribution in [-0.2, 0) is 0 Å². The van der Waals surface area contributed by atoms with E-state index in [9.17, 15) is 9.18 Å². The van der Waals surface area contributed by atoms with Crippen molar-refractivity contribution in [1.29, 1.82) is 0 Å². The summed E-state index contributed by atoms with van der Waals surface area (Å²) in [6, 6.07) is 9.40. The molecule has 2 aromatic rings. The molecule has 4 heteroatoms. The maximum Gasteiger partial charge on any atom is 0.153 e. The van der Waals surface area contributed by atoms with Crippen molar-refractivity contribution in [3.8, 4) is 11.1 Å². The fraction of sp³-hybridized carbons (Fsp3) is 0. The lowest BCUT2D eigenvalue weighted by atomic mass is 10.0. The molecular formula is C13H7Cl2FO. The van der Waals surface area contributed by atoms with Gasteiger partial charge in [0.15, 0.2) is 6.29 Å². The predicted molar refractivity (Wildman–Crippen MR) is 67.2 cm³/mol. The monoisotopic (exact) mass is 268 g/mol. The molecule has 0 saturated carbocycles. The molecule has 0 amide bonds. The highest BCUT2D eigenvalue weighted by molar-refractivity contribution is 6.43. The number of halogens is 3. The van der Waals surface area contributed by atoms with Gasteiger partial charge in [0.2, 0.25) is 0 Å². The number of carbonyl (C=O) groups excluding carboxylic acids is 1. The lowest BCUT2D eigenvalue weighted by molar-refractivity contribution is 0.112. The zero-order chi connectivity index (χ0) is 12.4. The molecule has 2 rings (SSSR count). The van der Waals surface area contributed by atoms with E-state index in [1.807, 2.05) is 0 Å². The van der Waals surface area contributed by atoms with Crippen LogP contribution >= 0.6 is 23.2 Å². The second-order valence-electron chi connectivity index (χ2n) is 3.46. The number of hydrogen-bond donors (Lipinski definition) is 0. The standard InChI is InChI=1S/C13H7Cl2FO/c14-11-3-1-2-10(13(11)15)8-4-5-12(16)9(6-8)7-17/h1-7H. The first-order valence-corrected chi connectivity index (χ1v) is 5.58. The van der Waals surface area contributed by atoms with Crippen LogP contribution in [0.1, 0.15) is 10.4 Å². The van der Waals surface area contributed by atoms with E-state index < -0.39 is 5.82 Å². The number of carbonyl (C=O) groups is 1. The van der Waals surface area contributed by atoms with Gasteiger partial charge in [0, 0.05) is 5.56 Å². The Balaban J connectivity index is 2.61. The molecule has 0 bridgehead atoms. The number of rotatable bonds is 2. The van der Waals surface area contributed by atoms with Gasteiger partial charge in [0.05, 0.1) is 15.6 Å². The van der Waals surface area contributed by atoms with Crippen molar-refractivity contribution in [3.05, 3.63) is 57.8 Å². The van der Waals surface area contributed by atoms with Crippen LogP contribution in [0.25, 0.3) is 11.1 Å². The molecule has 0 aliphatic rings. The second-order valence-corrected chi connectivity index (χ2v) is 4.24. The van der Waals surface area contributed by atoms with Crippen molar-refractivity contribution in [1.82, 2.24) is 0 Å². The summed E-state index contributed by atoms with van der Waals surface area (Å²) >= 11 is 11.9. The van der Waals surface area contributed by atoms with E-state index >= 15 is 0 Å². The van der Waals surface area contributed by atoms with Gasteiger partial charge in [0.1, 0.15) is 5.82 Å². The van der Waals surface area contributed by atoms with Crippen LogP contribution in [0.5, 0.6) is 0 Å². The molecule has 0 fully saturated rings. The minimum atomic E-state index is -0.554. The van der Waals surface area contributed by atoms with E-state index in [0.717, 1.165) is 0 Å². The molecular weight excluding hydrogens is 262 g/mol. The molecule has 0 spiro atoms. The highest BCUT2D eigenvalue weighted by Gasteiger charge is 2.09. The average Bonchev–Trinajstić information content (AvgIpc) is 2.34. The highest BCUT2D eigenvalue weighted by Crippen LogP contribution is 2.33. The van der Waals surface area contributed by atoms with Gasteiger partial charge >= 0.3 is 0 Å². The molecule has 1 nitrogen and oxygen atoms in total. The molecule has 0 atom stereocenters. The highest BCUT2D eigenvalue weighted by atomic mass is 35.5. The van der Waals surface area contributed by atoms with E-state index in [0.29, 0.717) is 27.5 Å². The Hall–Kier alpha value is -1.38. The van der Waals surface area contributed by atoms with E-state index in [1.165, 1.54) is 12.1 Å². The first kappa shape index (κ1) is 12.1. The van der Waals surface area contributed by atoms with Crippen LogP contribution in [0, 0.1) is 5.82 Å². The third-order valence-corrected chi connectivity index (χ3v) is 3.20. The van der Waals surface area contributed by atoms with Crippen molar-refractivity contribution < 1.29 is 9.18 Å². The molecule has 0 saturated heterocycles. The molecule has 0 N–H and O–H groups in total. The van der Waals surface area contributed by atoms with Crippen molar-refractivity contribution >= 4 is 29.5 Å². The van der Waals surface area contributed by atoms with Gasteiger partial charge in [-0.1, -0.05) is 41.4 Å². The first-order chi connectivity index (χ1) is 8.13. The van der Waals surface area contributed by atoms with Gasteiger partial charge in [-0.05, 0) is 23.8 Å². The lowest BCUT2D eigenvalue weighted by Crippen LogP contribution is -1.89. The van der Waals surface area contributed by atoms with Crippen molar-refractivity contribution in [3.63, 3.8) is 0 Å². The van der Waals surface area contributed by atoms with Gasteiger partial charge in [-0.2, -0.15) is 0 Å². The predicted octanol–water partition coefficient (Wildman–Crippen LogP) is 4.61. The maximum atomic E-state index is 13.2. The minimum absolute atomic E-state index is 0.00135. The molecule has 17 heavy (non-hydrogen) atoms. The fourth-order valence-electron chi connectivity index (χ4n) is 1.53. The van der Waals surface area contributed by atoms with Crippen molar-refractivity contribution in [2.24, 2.45) is 0 Å². The minimum Gasteiger partial charge on any atom is -0.298 e. The lowest BCUT2D eigenvalue weighted by Gasteiger charge is -2.06. The molecule has 0 aliphatic carbocycles. The van der Waals surface area contributed by atoms with Crippen LogP contribution in [0.4, 0.5) is 4.39 Å². The average molecular weight is 269 g/mol. The zero-order valence-electron chi connectivity index (χ0n) is 8.58. The molecule has 0 heterocycles. The second kappa shape index (κ2) is 4.86. The van der Waals surface area contributed by atoms with E-state index in [4.69, 9.17) is 23.2 Å². The summed E-state index contributed by atoms with van der Waals surface area (Å²) in [5.74, 6) is -0.554. The summed E-state index contributed by atoms with van der Waals surface area (Å²) in [5, 5.41) is 0.804. The van der Waals surface area contributed by atoms with Crippen LogP contribution in [0.15, 0.2) is 36.4 Å². The fourth-order valence-corrected chi connectivity index (χ4v) is 1.94. The van der Waals surface area contributed by atoms with Crippen LogP contribution in [0.3, 0.4) is 0 Å². The summed E-state index contributed by atoms with van der Waals surface area (Å²) in [7, 11) is 0. The van der Waals surface area contributed by atoms with Crippen molar-refractivity contribution in [2.75, 3.05) is 0 Å². The van der Waals surface area contributed by atoms with E-state index in [-0.39, 0.29) is 5.56 Å². The number of aldehydes is 1. The summed E-state index contributed by atoms with van der Waals surface area (Å²) in [6.45, 7) is 0. The quantitative estimate of drug-likeness (QED) is 0.727.